The molecule has 1 aromatic rings. The van der Waals surface area contributed by atoms with E-state index in [9.17, 15) is 8.42 Å². The van der Waals surface area contributed by atoms with Crippen molar-refractivity contribution in [3.05, 3.63) is 23.8 Å². The predicted octanol–water partition coefficient (Wildman–Crippen LogP) is 3.92. The highest BCUT2D eigenvalue weighted by Gasteiger charge is 2.43. The minimum Gasteiger partial charge on any atom is -0.368 e. The van der Waals surface area contributed by atoms with E-state index in [4.69, 9.17) is 0 Å². The number of rotatable bonds is 6. The lowest BCUT2D eigenvalue weighted by Gasteiger charge is -2.41. The predicted molar refractivity (Wildman–Crippen MR) is 115 cm³/mol. The SMILES string of the molecule is CCCN1c2ccc(NS(=O)(=O)C3CC3)cc2C2CN(C3CCCC3)CCC21. The molecule has 0 amide bonds. The fraction of sp³-hybridized carbons (Fsp3) is 0.727. The summed E-state index contributed by atoms with van der Waals surface area (Å²) in [4.78, 5) is 5.33. The van der Waals surface area contributed by atoms with Gasteiger partial charge in [0.2, 0.25) is 10.0 Å². The van der Waals surface area contributed by atoms with E-state index in [1.165, 1.54) is 49.9 Å². The van der Waals surface area contributed by atoms with E-state index >= 15 is 0 Å². The number of hydrogen-bond acceptors (Lipinski definition) is 4. The molecule has 2 unspecified atom stereocenters. The van der Waals surface area contributed by atoms with Crippen LogP contribution in [0, 0.1) is 0 Å². The third-order valence-corrected chi connectivity index (χ3v) is 9.14. The highest BCUT2D eigenvalue weighted by atomic mass is 32.2. The van der Waals surface area contributed by atoms with Crippen LogP contribution in [-0.4, -0.2) is 50.3 Å². The topological polar surface area (TPSA) is 52.7 Å². The van der Waals surface area contributed by atoms with E-state index in [1.807, 2.05) is 6.07 Å². The standard InChI is InChI=1S/C22H33N3O2S/c1-2-12-25-21-10-7-16(23-28(26,27)18-8-9-18)14-19(21)20-15-24(13-11-22(20)25)17-5-3-4-6-17/h7,10,14,17-18,20,22-23H,2-6,8-9,11-13,15H2,1H3. The van der Waals surface area contributed by atoms with E-state index in [1.54, 1.807) is 0 Å². The van der Waals surface area contributed by atoms with E-state index < -0.39 is 10.0 Å². The Labute approximate surface area is 169 Å². The maximum Gasteiger partial charge on any atom is 0.235 e. The van der Waals surface area contributed by atoms with Crippen molar-refractivity contribution in [3.63, 3.8) is 0 Å². The maximum atomic E-state index is 12.4. The Hall–Kier alpha value is -1.27. The number of hydrogen-bond donors (Lipinski definition) is 1. The molecule has 28 heavy (non-hydrogen) atoms. The summed E-state index contributed by atoms with van der Waals surface area (Å²) in [5.41, 5.74) is 3.44. The molecule has 6 heteroatoms. The Bertz CT molecular complexity index is 830. The summed E-state index contributed by atoms with van der Waals surface area (Å²) in [6, 6.07) is 7.60. The number of nitrogens with zero attached hydrogens (tertiary/aromatic N) is 2. The number of sulfonamides is 1. The Morgan fingerprint density at radius 1 is 1.11 bits per heavy atom. The monoisotopic (exact) mass is 403 g/mol. The van der Waals surface area contributed by atoms with Crippen LogP contribution in [0.3, 0.4) is 0 Å². The summed E-state index contributed by atoms with van der Waals surface area (Å²) < 4.78 is 27.7. The second-order valence-corrected chi connectivity index (χ2v) is 11.2. The highest BCUT2D eigenvalue weighted by Crippen LogP contribution is 2.47. The summed E-state index contributed by atoms with van der Waals surface area (Å²) in [7, 11) is -3.21. The molecular formula is C22H33N3O2S. The van der Waals surface area contributed by atoms with Gasteiger partial charge in [-0.05, 0) is 62.3 Å². The molecule has 1 aromatic carbocycles. The van der Waals surface area contributed by atoms with Crippen LogP contribution in [0.15, 0.2) is 18.2 Å². The second-order valence-electron chi connectivity index (χ2n) is 9.21. The summed E-state index contributed by atoms with van der Waals surface area (Å²) in [6.45, 7) is 5.67. The molecule has 2 aliphatic carbocycles. The van der Waals surface area contributed by atoms with Crippen molar-refractivity contribution in [1.29, 1.82) is 0 Å². The third kappa shape index (κ3) is 3.32. The molecule has 3 fully saturated rings. The first-order chi connectivity index (χ1) is 13.6. The van der Waals surface area contributed by atoms with Gasteiger partial charge in [0.05, 0.1) is 5.25 Å². The smallest absolute Gasteiger partial charge is 0.235 e. The molecular weight excluding hydrogens is 370 g/mol. The van der Waals surface area contributed by atoms with Crippen molar-refractivity contribution >= 4 is 21.4 Å². The molecule has 4 aliphatic rings. The van der Waals surface area contributed by atoms with Crippen LogP contribution in [0.1, 0.15) is 69.8 Å². The lowest BCUT2D eigenvalue weighted by molar-refractivity contribution is 0.140. The molecule has 1 N–H and O–H groups in total. The van der Waals surface area contributed by atoms with Gasteiger partial charge in [0.25, 0.3) is 0 Å². The Morgan fingerprint density at radius 2 is 1.89 bits per heavy atom. The Kier molecular flexibility index (Phi) is 4.82. The number of piperidine rings is 1. The Morgan fingerprint density at radius 3 is 2.61 bits per heavy atom. The van der Waals surface area contributed by atoms with Crippen molar-refractivity contribution in [2.24, 2.45) is 0 Å². The molecule has 1 saturated heterocycles. The summed E-state index contributed by atoms with van der Waals surface area (Å²) in [5, 5.41) is -0.183. The molecule has 154 valence electrons. The normalized spacial score (nSPS) is 28.4. The first kappa shape index (κ1) is 18.7. The first-order valence-electron chi connectivity index (χ1n) is 11.2. The van der Waals surface area contributed by atoms with Gasteiger partial charge in [-0.1, -0.05) is 19.8 Å². The Balaban J connectivity index is 1.43. The van der Waals surface area contributed by atoms with E-state index in [-0.39, 0.29) is 5.25 Å². The molecule has 0 spiro atoms. The molecule has 2 saturated carbocycles. The zero-order chi connectivity index (χ0) is 19.3. The third-order valence-electron chi connectivity index (χ3n) is 7.27. The van der Waals surface area contributed by atoms with Crippen molar-refractivity contribution in [2.45, 2.75) is 81.5 Å². The van der Waals surface area contributed by atoms with Crippen LogP contribution < -0.4 is 9.62 Å². The first-order valence-corrected chi connectivity index (χ1v) is 12.8. The molecule has 5 rings (SSSR count). The van der Waals surface area contributed by atoms with Gasteiger partial charge >= 0.3 is 0 Å². The molecule has 5 nitrogen and oxygen atoms in total. The van der Waals surface area contributed by atoms with Gasteiger partial charge in [0.1, 0.15) is 0 Å². The van der Waals surface area contributed by atoms with E-state index in [2.05, 4.69) is 33.6 Å². The van der Waals surface area contributed by atoms with Gasteiger partial charge in [-0.15, -0.1) is 0 Å². The van der Waals surface area contributed by atoms with Gasteiger partial charge in [-0.2, -0.15) is 0 Å². The average molecular weight is 404 g/mol. The number of anilines is 2. The lowest BCUT2D eigenvalue weighted by Crippen LogP contribution is -2.49. The summed E-state index contributed by atoms with van der Waals surface area (Å²) >= 11 is 0. The fourth-order valence-electron chi connectivity index (χ4n) is 5.75. The quantitative estimate of drug-likeness (QED) is 0.782. The number of nitrogens with one attached hydrogen (secondary N) is 1. The van der Waals surface area contributed by atoms with Crippen LogP contribution in [-0.2, 0) is 10.0 Å². The van der Waals surface area contributed by atoms with E-state index in [0.717, 1.165) is 44.1 Å². The minimum absolute atomic E-state index is 0.183. The lowest BCUT2D eigenvalue weighted by atomic mass is 9.88. The molecule has 2 atom stereocenters. The minimum atomic E-state index is -3.21. The molecule has 2 heterocycles. The van der Waals surface area contributed by atoms with Crippen LogP contribution >= 0.6 is 0 Å². The van der Waals surface area contributed by atoms with Gasteiger partial charge in [-0.3, -0.25) is 9.62 Å². The van der Waals surface area contributed by atoms with Gasteiger partial charge in [0.15, 0.2) is 0 Å². The zero-order valence-corrected chi connectivity index (χ0v) is 17.8. The van der Waals surface area contributed by atoms with Crippen molar-refractivity contribution in [3.8, 4) is 0 Å². The summed E-state index contributed by atoms with van der Waals surface area (Å²) in [6.07, 6.45) is 9.41. The second kappa shape index (κ2) is 7.21. The largest absolute Gasteiger partial charge is 0.368 e. The molecule has 0 aromatic heterocycles. The highest BCUT2D eigenvalue weighted by molar-refractivity contribution is 7.93. The average Bonchev–Trinajstić information content (AvgIpc) is 3.34. The van der Waals surface area contributed by atoms with Gasteiger partial charge in [-0.25, -0.2) is 8.42 Å². The van der Waals surface area contributed by atoms with Crippen LogP contribution in [0.2, 0.25) is 0 Å². The van der Waals surface area contributed by atoms with Gasteiger partial charge in [0, 0.05) is 49.0 Å². The number of fused-ring (bicyclic) bond motifs is 3. The summed E-state index contributed by atoms with van der Waals surface area (Å²) in [5.74, 6) is 0.501. The molecule has 0 bridgehead atoms. The maximum absolute atomic E-state index is 12.4. The molecule has 0 radical (unpaired) electrons. The zero-order valence-electron chi connectivity index (χ0n) is 16.9. The fourth-order valence-corrected chi connectivity index (χ4v) is 7.13. The van der Waals surface area contributed by atoms with Crippen LogP contribution in [0.5, 0.6) is 0 Å². The van der Waals surface area contributed by atoms with Crippen LogP contribution in [0.4, 0.5) is 11.4 Å². The van der Waals surface area contributed by atoms with Crippen molar-refractivity contribution < 1.29 is 8.42 Å². The van der Waals surface area contributed by atoms with Crippen molar-refractivity contribution in [2.75, 3.05) is 29.3 Å². The van der Waals surface area contributed by atoms with E-state index in [0.29, 0.717) is 12.0 Å². The molecule has 2 aliphatic heterocycles. The number of likely N-dealkylation sites (tertiary alicyclic amines) is 1. The number of benzene rings is 1. The van der Waals surface area contributed by atoms with Crippen molar-refractivity contribution in [1.82, 2.24) is 4.90 Å². The van der Waals surface area contributed by atoms with Gasteiger partial charge < -0.3 is 4.90 Å². The van der Waals surface area contributed by atoms with Crippen LogP contribution in [0.25, 0.3) is 0 Å².